The van der Waals surface area contributed by atoms with E-state index in [9.17, 15) is 9.59 Å². The van der Waals surface area contributed by atoms with E-state index in [4.69, 9.17) is 55.9 Å². The molecule has 0 aliphatic heterocycles. The Labute approximate surface area is 369 Å². The smallest absolute Gasteiger partial charge is 0.258 e. The van der Waals surface area contributed by atoms with Crippen molar-refractivity contribution in [1.29, 1.82) is 0 Å². The third-order valence-corrected chi connectivity index (χ3v) is 11.9. The van der Waals surface area contributed by atoms with Crippen LogP contribution in [-0.4, -0.2) is 9.13 Å². The van der Waals surface area contributed by atoms with Crippen molar-refractivity contribution in [3.63, 3.8) is 0 Å². The van der Waals surface area contributed by atoms with Gasteiger partial charge in [0, 0.05) is 37.7 Å². The minimum atomic E-state index is -0.131. The third-order valence-electron chi connectivity index (χ3n) is 10.4. The molecule has 60 heavy (non-hydrogen) atoms. The molecule has 2 heterocycles. The largest absolute Gasteiger partial charge is 0.488 e. The van der Waals surface area contributed by atoms with Gasteiger partial charge in [-0.3, -0.25) is 9.59 Å². The molecule has 0 spiro atoms. The van der Waals surface area contributed by atoms with E-state index >= 15 is 0 Å². The zero-order valence-corrected chi connectivity index (χ0v) is 36.6. The number of nitrogens with zero attached hydrogens (tertiary/aromatic N) is 2. The van der Waals surface area contributed by atoms with Crippen molar-refractivity contribution in [3.05, 3.63) is 219 Å². The normalized spacial score (nSPS) is 11.1. The molecule has 0 unspecified atom stereocenters. The molecule has 8 aromatic rings. The predicted molar refractivity (Wildman–Crippen MR) is 248 cm³/mol. The summed E-state index contributed by atoms with van der Waals surface area (Å²) in [5.74, 6) is 1.22. The van der Waals surface area contributed by atoms with Crippen LogP contribution in [0.25, 0.3) is 21.8 Å². The van der Waals surface area contributed by atoms with Crippen molar-refractivity contribution in [2.45, 2.75) is 39.9 Å². The number of hydrogen-bond donors (Lipinski definition) is 0. The molecule has 6 aromatic carbocycles. The van der Waals surface area contributed by atoms with Crippen LogP contribution in [0.5, 0.6) is 11.5 Å². The van der Waals surface area contributed by atoms with Crippen LogP contribution in [0.3, 0.4) is 0 Å². The number of para-hydroxylation sites is 2. The van der Waals surface area contributed by atoms with E-state index in [1.54, 1.807) is 40.4 Å². The Morgan fingerprint density at radius 2 is 0.833 bits per heavy atom. The van der Waals surface area contributed by atoms with Gasteiger partial charge in [-0.2, -0.15) is 0 Å². The van der Waals surface area contributed by atoms with Crippen molar-refractivity contribution in [2.75, 3.05) is 0 Å². The van der Waals surface area contributed by atoms with E-state index < -0.39 is 0 Å². The van der Waals surface area contributed by atoms with E-state index in [0.29, 0.717) is 62.2 Å². The second kappa shape index (κ2) is 18.8. The van der Waals surface area contributed by atoms with Crippen LogP contribution in [0, 0.1) is 13.8 Å². The Kier molecular flexibility index (Phi) is 13.4. The van der Waals surface area contributed by atoms with E-state index in [1.165, 1.54) is 11.1 Å². The molecule has 0 radical (unpaired) electrons. The second-order valence-corrected chi connectivity index (χ2v) is 16.4. The van der Waals surface area contributed by atoms with Gasteiger partial charge in [-0.05, 0) is 84.6 Å². The molecule has 0 saturated carbocycles. The lowest BCUT2D eigenvalue weighted by atomic mass is 10.0. The molecule has 0 amide bonds. The summed E-state index contributed by atoms with van der Waals surface area (Å²) in [5, 5.41) is 3.64. The maximum atomic E-state index is 13.3. The number of aryl methyl sites for hydroxylation is 4. The Morgan fingerprint density at radius 1 is 0.450 bits per heavy atom. The highest BCUT2D eigenvalue weighted by Crippen LogP contribution is 2.33. The van der Waals surface area contributed by atoms with Gasteiger partial charge in [-0.15, -0.1) is 0 Å². The van der Waals surface area contributed by atoms with Gasteiger partial charge >= 0.3 is 0 Å². The number of rotatable bonds is 10. The highest BCUT2D eigenvalue weighted by Gasteiger charge is 2.19. The summed E-state index contributed by atoms with van der Waals surface area (Å²) in [4.78, 5) is 26.5. The maximum absolute atomic E-state index is 13.3. The van der Waals surface area contributed by atoms with Crippen LogP contribution < -0.4 is 20.6 Å². The number of ether oxygens (including phenoxy) is 2. The highest BCUT2D eigenvalue weighted by molar-refractivity contribution is 6.42. The first-order chi connectivity index (χ1) is 28.9. The Morgan fingerprint density at radius 3 is 1.32 bits per heavy atom. The molecule has 0 fully saturated rings. The lowest BCUT2D eigenvalue weighted by Gasteiger charge is -2.17. The molecule has 0 aliphatic rings. The molecular weight excluding hydrogens is 834 g/mol. The van der Waals surface area contributed by atoms with Crippen molar-refractivity contribution in [2.24, 2.45) is 14.1 Å². The molecule has 0 saturated heterocycles. The maximum Gasteiger partial charge on any atom is 0.258 e. The third kappa shape index (κ3) is 9.59. The quantitative estimate of drug-likeness (QED) is 0.137. The number of benzene rings is 6. The van der Waals surface area contributed by atoms with Gasteiger partial charge in [0.25, 0.3) is 11.1 Å². The van der Waals surface area contributed by atoms with Gasteiger partial charge in [0.1, 0.15) is 24.7 Å². The van der Waals surface area contributed by atoms with Crippen LogP contribution in [0.15, 0.2) is 143 Å². The molecule has 0 bridgehead atoms. The van der Waals surface area contributed by atoms with E-state index in [1.807, 2.05) is 67.7 Å². The fourth-order valence-electron chi connectivity index (χ4n) is 7.09. The summed E-state index contributed by atoms with van der Waals surface area (Å²) < 4.78 is 15.9. The van der Waals surface area contributed by atoms with Crippen molar-refractivity contribution >= 4 is 68.2 Å². The number of halogens is 4. The van der Waals surface area contributed by atoms with Crippen molar-refractivity contribution in [1.82, 2.24) is 9.13 Å². The average Bonchev–Trinajstić information content (AvgIpc) is 3.25. The van der Waals surface area contributed by atoms with Gasteiger partial charge in [0.2, 0.25) is 0 Å². The SMILES string of the molecule is Cc1ccc(COc2c(Cc3ccc(C)cc3)c(=O)n(C)c3ccccc23)cc1.Cn1c(=O)c(Cc2ccc(Cl)c(Cl)c2)c(OCc2ccc(Cl)c(Cl)c2)c2ccccc21. The number of hydrogen-bond acceptors (Lipinski definition) is 4. The molecule has 0 atom stereocenters. The summed E-state index contributed by atoms with van der Waals surface area (Å²) in [6.07, 6.45) is 0.895. The molecule has 304 valence electrons. The van der Waals surface area contributed by atoms with Gasteiger partial charge in [-0.1, -0.05) is 142 Å². The fourth-order valence-corrected chi connectivity index (χ4v) is 7.73. The topological polar surface area (TPSA) is 62.5 Å². The lowest BCUT2D eigenvalue weighted by molar-refractivity contribution is 0.306. The van der Waals surface area contributed by atoms with Crippen LogP contribution in [0.1, 0.15) is 44.5 Å². The van der Waals surface area contributed by atoms with Crippen molar-refractivity contribution < 1.29 is 9.47 Å². The second-order valence-electron chi connectivity index (χ2n) is 14.8. The first-order valence-corrected chi connectivity index (χ1v) is 20.8. The molecule has 6 nitrogen and oxygen atoms in total. The Balaban J connectivity index is 0.000000182. The van der Waals surface area contributed by atoms with Crippen LogP contribution in [0.2, 0.25) is 20.1 Å². The summed E-state index contributed by atoms with van der Waals surface area (Å²) >= 11 is 24.4. The van der Waals surface area contributed by atoms with E-state index in [2.05, 4.69) is 62.4 Å². The monoisotopic (exact) mass is 874 g/mol. The van der Waals surface area contributed by atoms with E-state index in [0.717, 1.165) is 44.1 Å². The first-order valence-electron chi connectivity index (χ1n) is 19.3. The molecule has 0 aliphatic carbocycles. The number of fused-ring (bicyclic) bond motifs is 2. The summed E-state index contributed by atoms with van der Waals surface area (Å²) in [6, 6.07) is 42.8. The van der Waals surface area contributed by atoms with Crippen LogP contribution in [-0.2, 0) is 40.2 Å². The first kappa shape index (κ1) is 42.6. The molecule has 10 heteroatoms. The minimum absolute atomic E-state index is 0.0109. The Hall–Kier alpha value is -5.50. The molecular formula is C50H42Cl4N2O4. The van der Waals surface area contributed by atoms with E-state index in [-0.39, 0.29) is 17.7 Å². The summed E-state index contributed by atoms with van der Waals surface area (Å²) in [7, 11) is 3.58. The van der Waals surface area contributed by atoms with Crippen molar-refractivity contribution in [3.8, 4) is 11.5 Å². The highest BCUT2D eigenvalue weighted by atomic mass is 35.5. The lowest BCUT2D eigenvalue weighted by Crippen LogP contribution is -2.23. The number of aromatic nitrogens is 2. The zero-order chi connectivity index (χ0) is 42.5. The number of pyridine rings is 2. The van der Waals surface area contributed by atoms with Crippen LogP contribution >= 0.6 is 46.4 Å². The average molecular weight is 877 g/mol. The Bertz CT molecular complexity index is 2960. The summed E-state index contributed by atoms with van der Waals surface area (Å²) in [6.45, 7) is 4.80. The van der Waals surface area contributed by atoms with Gasteiger partial charge in [0.05, 0.1) is 42.3 Å². The predicted octanol–water partition coefficient (Wildman–Crippen LogP) is 12.6. The van der Waals surface area contributed by atoms with Gasteiger partial charge in [-0.25, -0.2) is 0 Å². The van der Waals surface area contributed by atoms with Gasteiger partial charge in [0.15, 0.2) is 0 Å². The molecule has 2 aromatic heterocycles. The standard InChI is InChI=1S/C26H25NO2.C24H17Cl4NO2/c1-18-8-12-20(13-9-18)16-23-25(29-17-21-14-10-19(2)11-15-21)22-6-4-5-7-24(22)27(3)26(23)28;1-29-22-5-3-2-4-16(22)23(31-13-15-7-9-19(26)21(28)12-15)17(24(29)30)10-14-6-8-18(25)20(27)11-14/h4-15H,16-17H2,1-3H3;2-9,11-12H,10,13H2,1H3. The molecule has 0 N–H and O–H groups in total. The fraction of sp³-hybridized carbons (Fsp3) is 0.160. The van der Waals surface area contributed by atoms with Crippen LogP contribution in [0.4, 0.5) is 0 Å². The molecule has 8 rings (SSSR count). The minimum Gasteiger partial charge on any atom is -0.488 e. The zero-order valence-electron chi connectivity index (χ0n) is 33.6. The summed E-state index contributed by atoms with van der Waals surface area (Å²) in [5.41, 5.74) is 9.08. The van der Waals surface area contributed by atoms with Gasteiger partial charge < -0.3 is 18.6 Å².